The highest BCUT2D eigenvalue weighted by atomic mass is 19.1. The van der Waals surface area contributed by atoms with Gasteiger partial charge in [-0.05, 0) is 35.9 Å². The minimum atomic E-state index is -0.598. The molecule has 0 aromatic heterocycles. The molecule has 3 nitrogen and oxygen atoms in total. The fourth-order valence-electron chi connectivity index (χ4n) is 2.32. The van der Waals surface area contributed by atoms with Crippen LogP contribution >= 0.6 is 0 Å². The molecule has 3 rings (SSSR count). The number of hydrogen-bond donors (Lipinski definition) is 0. The van der Waals surface area contributed by atoms with Gasteiger partial charge in [0.15, 0.2) is 6.10 Å². The summed E-state index contributed by atoms with van der Waals surface area (Å²) in [5.74, 6) is 0.764. The highest BCUT2D eigenvalue weighted by Gasteiger charge is 2.32. The van der Waals surface area contributed by atoms with E-state index in [1.807, 2.05) is 0 Å². The van der Waals surface area contributed by atoms with Gasteiger partial charge >= 0.3 is 0 Å². The summed E-state index contributed by atoms with van der Waals surface area (Å²) in [6, 6.07) is 11.3. The third kappa shape index (κ3) is 2.25. The molecule has 20 heavy (non-hydrogen) atoms. The fraction of sp³-hybridized carbons (Fsp3) is 0.188. The minimum Gasteiger partial charge on any atom is -0.497 e. The summed E-state index contributed by atoms with van der Waals surface area (Å²) in [6.45, 7) is 0. The lowest BCUT2D eigenvalue weighted by Crippen LogP contribution is -2.23. The van der Waals surface area contributed by atoms with Gasteiger partial charge in [0.2, 0.25) is 5.78 Å². The van der Waals surface area contributed by atoms with Crippen LogP contribution in [0.3, 0.4) is 0 Å². The van der Waals surface area contributed by atoms with E-state index >= 15 is 0 Å². The number of halogens is 1. The van der Waals surface area contributed by atoms with Crippen LogP contribution < -0.4 is 9.47 Å². The molecule has 0 spiro atoms. The molecule has 0 N–H and O–H groups in total. The average Bonchev–Trinajstić information content (AvgIpc) is 2.75. The smallest absolute Gasteiger partial charge is 0.207 e. The van der Waals surface area contributed by atoms with Crippen molar-refractivity contribution in [3.05, 3.63) is 59.4 Å². The van der Waals surface area contributed by atoms with Gasteiger partial charge in [-0.2, -0.15) is 0 Å². The number of methoxy groups -OCH3 is 1. The van der Waals surface area contributed by atoms with E-state index in [9.17, 15) is 9.18 Å². The zero-order valence-corrected chi connectivity index (χ0v) is 10.9. The van der Waals surface area contributed by atoms with Crippen LogP contribution in [0.25, 0.3) is 0 Å². The number of ketones is 1. The van der Waals surface area contributed by atoms with Gasteiger partial charge in [-0.1, -0.05) is 12.1 Å². The summed E-state index contributed by atoms with van der Waals surface area (Å²) in [5, 5.41) is 0. The lowest BCUT2D eigenvalue weighted by Gasteiger charge is -2.09. The molecule has 0 amide bonds. The van der Waals surface area contributed by atoms with E-state index in [0.717, 1.165) is 5.56 Å². The standard InChI is InChI=1S/C16H13FO3/c1-19-12-5-6-14-13(9-12)16(18)15(20-14)8-10-3-2-4-11(17)7-10/h2-7,9,15H,8H2,1H3. The number of rotatable bonds is 3. The third-order valence-corrected chi connectivity index (χ3v) is 3.32. The van der Waals surface area contributed by atoms with E-state index in [1.54, 1.807) is 37.4 Å². The van der Waals surface area contributed by atoms with Crippen LogP contribution in [0.5, 0.6) is 11.5 Å². The van der Waals surface area contributed by atoms with E-state index in [-0.39, 0.29) is 11.6 Å². The first-order valence-electron chi connectivity index (χ1n) is 6.31. The second kappa shape index (κ2) is 4.96. The van der Waals surface area contributed by atoms with Crippen LogP contribution in [0.4, 0.5) is 4.39 Å². The molecule has 2 aromatic carbocycles. The molecule has 0 fully saturated rings. The van der Waals surface area contributed by atoms with E-state index in [4.69, 9.17) is 9.47 Å². The molecular weight excluding hydrogens is 259 g/mol. The Labute approximate surface area is 115 Å². The molecule has 0 saturated carbocycles. The Morgan fingerprint density at radius 3 is 2.85 bits per heavy atom. The first-order valence-corrected chi connectivity index (χ1v) is 6.31. The van der Waals surface area contributed by atoms with Gasteiger partial charge in [-0.15, -0.1) is 0 Å². The molecule has 1 aliphatic heterocycles. The van der Waals surface area contributed by atoms with Crippen molar-refractivity contribution in [2.45, 2.75) is 12.5 Å². The van der Waals surface area contributed by atoms with Gasteiger partial charge < -0.3 is 9.47 Å². The van der Waals surface area contributed by atoms with Crippen molar-refractivity contribution in [1.82, 2.24) is 0 Å². The molecule has 1 heterocycles. The summed E-state index contributed by atoms with van der Waals surface area (Å²) in [7, 11) is 1.55. The maximum atomic E-state index is 13.2. The van der Waals surface area contributed by atoms with Crippen molar-refractivity contribution in [1.29, 1.82) is 0 Å². The van der Waals surface area contributed by atoms with E-state index in [0.29, 0.717) is 23.5 Å². The minimum absolute atomic E-state index is 0.0943. The number of benzene rings is 2. The maximum Gasteiger partial charge on any atom is 0.207 e. The summed E-state index contributed by atoms with van der Waals surface area (Å²) >= 11 is 0. The Bertz CT molecular complexity index is 667. The zero-order chi connectivity index (χ0) is 14.1. The molecular formula is C16H13FO3. The highest BCUT2D eigenvalue weighted by Crippen LogP contribution is 2.33. The first kappa shape index (κ1) is 12.7. The van der Waals surface area contributed by atoms with E-state index in [1.165, 1.54) is 12.1 Å². The lowest BCUT2D eigenvalue weighted by atomic mass is 10.0. The Hall–Kier alpha value is -2.36. The highest BCUT2D eigenvalue weighted by molar-refractivity contribution is 6.05. The Kier molecular flexibility index (Phi) is 3.14. The lowest BCUT2D eigenvalue weighted by molar-refractivity contribution is 0.0857. The quantitative estimate of drug-likeness (QED) is 0.861. The molecule has 0 aliphatic carbocycles. The zero-order valence-electron chi connectivity index (χ0n) is 10.9. The van der Waals surface area contributed by atoms with Crippen LogP contribution in [0.1, 0.15) is 15.9 Å². The number of hydrogen-bond acceptors (Lipinski definition) is 3. The van der Waals surface area contributed by atoms with Crippen LogP contribution in [0, 0.1) is 5.82 Å². The summed E-state index contributed by atoms with van der Waals surface area (Å²) in [5.41, 5.74) is 1.26. The predicted octanol–water partition coefficient (Wildman–Crippen LogP) is 3.02. The topological polar surface area (TPSA) is 35.5 Å². The molecule has 0 bridgehead atoms. The van der Waals surface area contributed by atoms with Crippen molar-refractivity contribution < 1.29 is 18.7 Å². The SMILES string of the molecule is COc1ccc2c(c1)C(=O)C(Cc1cccc(F)c1)O2. The molecule has 4 heteroatoms. The molecule has 102 valence electrons. The van der Waals surface area contributed by atoms with Crippen LogP contribution in [-0.4, -0.2) is 19.0 Å². The third-order valence-electron chi connectivity index (χ3n) is 3.32. The van der Waals surface area contributed by atoms with Gasteiger partial charge in [-0.3, -0.25) is 4.79 Å². The second-order valence-corrected chi connectivity index (χ2v) is 4.67. The van der Waals surface area contributed by atoms with Crippen molar-refractivity contribution in [3.8, 4) is 11.5 Å². The molecule has 2 aromatic rings. The van der Waals surface area contributed by atoms with Crippen LogP contribution in [0.2, 0.25) is 0 Å². The Morgan fingerprint density at radius 2 is 2.10 bits per heavy atom. The normalized spacial score (nSPS) is 16.7. The summed E-state index contributed by atoms with van der Waals surface area (Å²) < 4.78 is 23.9. The van der Waals surface area contributed by atoms with Crippen molar-refractivity contribution in [2.24, 2.45) is 0 Å². The second-order valence-electron chi connectivity index (χ2n) is 4.67. The molecule has 0 saturated heterocycles. The van der Waals surface area contributed by atoms with Crippen molar-refractivity contribution in [2.75, 3.05) is 7.11 Å². The predicted molar refractivity (Wildman–Crippen MR) is 71.8 cm³/mol. The van der Waals surface area contributed by atoms with Gasteiger partial charge in [0.25, 0.3) is 0 Å². The van der Waals surface area contributed by atoms with Crippen molar-refractivity contribution >= 4 is 5.78 Å². The summed E-state index contributed by atoms with van der Waals surface area (Å²) in [6.07, 6.45) is -0.243. The van der Waals surface area contributed by atoms with E-state index < -0.39 is 6.10 Å². The number of ether oxygens (including phenoxy) is 2. The van der Waals surface area contributed by atoms with E-state index in [2.05, 4.69) is 0 Å². The monoisotopic (exact) mass is 272 g/mol. The van der Waals surface area contributed by atoms with Gasteiger partial charge in [0.1, 0.15) is 17.3 Å². The van der Waals surface area contributed by atoms with Gasteiger partial charge in [0, 0.05) is 6.42 Å². The average molecular weight is 272 g/mol. The number of fused-ring (bicyclic) bond motifs is 1. The number of Topliss-reactive ketones (excluding diaryl/α,β-unsaturated/α-hetero) is 1. The molecule has 1 unspecified atom stereocenters. The summed E-state index contributed by atoms with van der Waals surface area (Å²) in [4.78, 5) is 12.3. The Balaban J connectivity index is 1.83. The van der Waals surface area contributed by atoms with Crippen LogP contribution in [-0.2, 0) is 6.42 Å². The molecule has 1 atom stereocenters. The van der Waals surface area contributed by atoms with Gasteiger partial charge in [0.05, 0.1) is 12.7 Å². The first-order chi connectivity index (χ1) is 9.67. The number of carbonyl (C=O) groups excluding carboxylic acids is 1. The molecule has 1 aliphatic rings. The molecule has 0 radical (unpaired) electrons. The fourth-order valence-corrected chi connectivity index (χ4v) is 2.32. The van der Waals surface area contributed by atoms with Crippen molar-refractivity contribution in [3.63, 3.8) is 0 Å². The maximum absolute atomic E-state index is 13.2. The van der Waals surface area contributed by atoms with Crippen LogP contribution in [0.15, 0.2) is 42.5 Å². The Morgan fingerprint density at radius 1 is 1.25 bits per heavy atom. The van der Waals surface area contributed by atoms with Gasteiger partial charge in [-0.25, -0.2) is 4.39 Å². The largest absolute Gasteiger partial charge is 0.497 e. The number of carbonyl (C=O) groups is 1.